The van der Waals surface area contributed by atoms with E-state index in [1.165, 1.54) is 28.7 Å². The largest absolute Gasteiger partial charge is 0.455 e. The zero-order chi connectivity index (χ0) is 21.8. The monoisotopic (exact) mass is 422 g/mol. The fourth-order valence-corrected chi connectivity index (χ4v) is 3.92. The molecule has 0 saturated carbocycles. The standard InChI is InChI=1S/C24H23FN2O4/c25-20-8-4-5-9-21(20)27-15-19(14-22(27)28)24(30)31-16-23(29)26-12-10-18(11-13-26)17-6-2-1-3-7-17/h1-10,19H,11-16H2/t19-/m0/s1. The Morgan fingerprint density at radius 3 is 2.52 bits per heavy atom. The second-order valence-corrected chi connectivity index (χ2v) is 7.65. The molecule has 2 heterocycles. The van der Waals surface area contributed by atoms with Crippen molar-refractivity contribution in [3.05, 3.63) is 72.1 Å². The van der Waals surface area contributed by atoms with Crippen molar-refractivity contribution in [2.24, 2.45) is 5.92 Å². The number of rotatable bonds is 5. The number of ether oxygens (including phenoxy) is 1. The van der Waals surface area contributed by atoms with Crippen LogP contribution in [0.3, 0.4) is 0 Å². The van der Waals surface area contributed by atoms with Crippen molar-refractivity contribution in [1.29, 1.82) is 0 Å². The SMILES string of the molecule is O=C(OCC(=O)N1CC=C(c2ccccc2)CC1)[C@H]1CC(=O)N(c2ccccc2F)C1. The number of carbonyl (C=O) groups excluding carboxylic acids is 3. The minimum atomic E-state index is -0.717. The van der Waals surface area contributed by atoms with Gasteiger partial charge in [-0.15, -0.1) is 0 Å². The summed E-state index contributed by atoms with van der Waals surface area (Å²) in [5, 5.41) is 0. The highest BCUT2D eigenvalue weighted by Crippen LogP contribution is 2.28. The molecular formula is C24H23FN2O4. The van der Waals surface area contributed by atoms with Gasteiger partial charge in [0.15, 0.2) is 6.61 Å². The Bertz CT molecular complexity index is 1020. The molecule has 0 spiro atoms. The number of nitrogens with zero attached hydrogens (tertiary/aromatic N) is 2. The third kappa shape index (κ3) is 4.66. The molecule has 1 saturated heterocycles. The van der Waals surface area contributed by atoms with Crippen molar-refractivity contribution >= 4 is 29.0 Å². The fraction of sp³-hybridized carbons (Fsp3) is 0.292. The summed E-state index contributed by atoms with van der Waals surface area (Å²) in [4.78, 5) is 40.0. The van der Waals surface area contributed by atoms with Crippen LogP contribution in [0, 0.1) is 11.7 Å². The van der Waals surface area contributed by atoms with Crippen molar-refractivity contribution < 1.29 is 23.5 Å². The van der Waals surface area contributed by atoms with Gasteiger partial charge in [-0.3, -0.25) is 14.4 Å². The summed E-state index contributed by atoms with van der Waals surface area (Å²) in [6.07, 6.45) is 2.69. The lowest BCUT2D eigenvalue weighted by Crippen LogP contribution is -2.38. The number of hydrogen-bond acceptors (Lipinski definition) is 4. The highest BCUT2D eigenvalue weighted by molar-refractivity contribution is 5.99. The molecule has 6 nitrogen and oxygen atoms in total. The van der Waals surface area contributed by atoms with E-state index >= 15 is 0 Å². The molecular weight excluding hydrogens is 399 g/mol. The van der Waals surface area contributed by atoms with Crippen LogP contribution in [-0.2, 0) is 19.1 Å². The number of para-hydroxylation sites is 1. The quantitative estimate of drug-likeness (QED) is 0.695. The van der Waals surface area contributed by atoms with Crippen molar-refractivity contribution in [1.82, 2.24) is 4.90 Å². The molecule has 7 heteroatoms. The maximum absolute atomic E-state index is 14.0. The Labute approximate surface area is 179 Å². The molecule has 4 rings (SSSR count). The van der Waals surface area contributed by atoms with Crippen LogP contribution in [0.25, 0.3) is 5.57 Å². The first-order valence-corrected chi connectivity index (χ1v) is 10.3. The van der Waals surface area contributed by atoms with Gasteiger partial charge in [0.1, 0.15) is 5.82 Å². The van der Waals surface area contributed by atoms with Crippen molar-refractivity contribution in [3.8, 4) is 0 Å². The highest BCUT2D eigenvalue weighted by Gasteiger charge is 2.37. The maximum atomic E-state index is 14.0. The molecule has 2 amide bonds. The molecule has 2 aromatic carbocycles. The van der Waals surface area contributed by atoms with E-state index in [2.05, 4.69) is 0 Å². The Morgan fingerprint density at radius 2 is 1.81 bits per heavy atom. The smallest absolute Gasteiger partial charge is 0.311 e. The summed E-state index contributed by atoms with van der Waals surface area (Å²) in [6, 6.07) is 15.9. The number of amides is 2. The zero-order valence-electron chi connectivity index (χ0n) is 17.0. The van der Waals surface area contributed by atoms with E-state index in [0.29, 0.717) is 13.1 Å². The van der Waals surface area contributed by atoms with E-state index in [4.69, 9.17) is 4.74 Å². The van der Waals surface area contributed by atoms with Gasteiger partial charge in [-0.25, -0.2) is 4.39 Å². The van der Waals surface area contributed by atoms with Crippen LogP contribution >= 0.6 is 0 Å². The van der Waals surface area contributed by atoms with E-state index in [-0.39, 0.29) is 37.1 Å². The highest BCUT2D eigenvalue weighted by atomic mass is 19.1. The molecule has 1 atom stereocenters. The second-order valence-electron chi connectivity index (χ2n) is 7.65. The van der Waals surface area contributed by atoms with Gasteiger partial charge in [-0.2, -0.15) is 0 Å². The molecule has 0 aromatic heterocycles. The van der Waals surface area contributed by atoms with Crippen LogP contribution in [0.2, 0.25) is 0 Å². The van der Waals surface area contributed by atoms with E-state index in [1.54, 1.807) is 11.0 Å². The summed E-state index contributed by atoms with van der Waals surface area (Å²) in [5.41, 5.74) is 2.49. The lowest BCUT2D eigenvalue weighted by molar-refractivity contribution is -0.155. The van der Waals surface area contributed by atoms with Gasteiger partial charge in [0, 0.05) is 26.1 Å². The predicted molar refractivity (Wildman–Crippen MR) is 113 cm³/mol. The Hall–Kier alpha value is -3.48. The van der Waals surface area contributed by atoms with Crippen LogP contribution in [0.5, 0.6) is 0 Å². The molecule has 0 bridgehead atoms. The minimum absolute atomic E-state index is 0.0413. The van der Waals surface area contributed by atoms with Gasteiger partial charge in [0.05, 0.1) is 11.6 Å². The number of anilines is 1. The Kier molecular flexibility index (Phi) is 6.11. The number of carbonyl (C=O) groups is 3. The second kappa shape index (κ2) is 9.12. The lowest BCUT2D eigenvalue weighted by Gasteiger charge is -2.26. The minimum Gasteiger partial charge on any atom is -0.455 e. The first-order chi connectivity index (χ1) is 15.0. The van der Waals surface area contributed by atoms with E-state index < -0.39 is 17.7 Å². The van der Waals surface area contributed by atoms with Crippen LogP contribution in [0.15, 0.2) is 60.7 Å². The van der Waals surface area contributed by atoms with E-state index in [0.717, 1.165) is 12.0 Å². The van der Waals surface area contributed by atoms with Gasteiger partial charge < -0.3 is 14.5 Å². The van der Waals surface area contributed by atoms with Gasteiger partial charge >= 0.3 is 5.97 Å². The number of halogens is 1. The first-order valence-electron chi connectivity index (χ1n) is 10.3. The van der Waals surface area contributed by atoms with Gasteiger partial charge in [0.2, 0.25) is 5.91 Å². The summed E-state index contributed by atoms with van der Waals surface area (Å²) < 4.78 is 19.2. The van der Waals surface area contributed by atoms with Crippen LogP contribution in [0.4, 0.5) is 10.1 Å². The maximum Gasteiger partial charge on any atom is 0.311 e. The molecule has 0 aliphatic carbocycles. The van der Waals surface area contributed by atoms with Crippen molar-refractivity contribution in [2.75, 3.05) is 31.1 Å². The molecule has 160 valence electrons. The van der Waals surface area contributed by atoms with Crippen LogP contribution in [-0.4, -0.2) is 48.9 Å². The molecule has 2 aliphatic heterocycles. The number of esters is 1. The Morgan fingerprint density at radius 1 is 1.06 bits per heavy atom. The topological polar surface area (TPSA) is 66.9 Å². The zero-order valence-corrected chi connectivity index (χ0v) is 17.0. The average Bonchev–Trinajstić information content (AvgIpc) is 3.19. The number of benzene rings is 2. The van der Waals surface area contributed by atoms with E-state index in [1.807, 2.05) is 36.4 Å². The van der Waals surface area contributed by atoms with Gasteiger partial charge in [-0.05, 0) is 29.7 Å². The fourth-order valence-electron chi connectivity index (χ4n) is 3.92. The van der Waals surface area contributed by atoms with Crippen molar-refractivity contribution in [2.45, 2.75) is 12.8 Å². The first kappa shape index (κ1) is 20.8. The van der Waals surface area contributed by atoms with Crippen LogP contribution in [0.1, 0.15) is 18.4 Å². The Balaban J connectivity index is 1.28. The average molecular weight is 422 g/mol. The summed E-state index contributed by atoms with van der Waals surface area (Å²) in [7, 11) is 0. The van der Waals surface area contributed by atoms with E-state index in [9.17, 15) is 18.8 Å². The third-order valence-corrected chi connectivity index (χ3v) is 5.65. The lowest BCUT2D eigenvalue weighted by atomic mass is 10.00. The summed E-state index contributed by atoms with van der Waals surface area (Å²) >= 11 is 0. The van der Waals surface area contributed by atoms with Gasteiger partial charge in [-0.1, -0.05) is 48.5 Å². The van der Waals surface area contributed by atoms with Crippen molar-refractivity contribution in [3.63, 3.8) is 0 Å². The molecule has 2 aromatic rings. The molecule has 31 heavy (non-hydrogen) atoms. The number of hydrogen-bond donors (Lipinski definition) is 0. The molecule has 0 N–H and O–H groups in total. The van der Waals surface area contributed by atoms with Gasteiger partial charge in [0.25, 0.3) is 5.91 Å². The molecule has 2 aliphatic rings. The predicted octanol–water partition coefficient (Wildman–Crippen LogP) is 3.04. The van der Waals surface area contributed by atoms with Crippen LogP contribution < -0.4 is 4.90 Å². The molecule has 1 fully saturated rings. The summed E-state index contributed by atoms with van der Waals surface area (Å²) in [6.45, 7) is 0.696. The molecule has 0 unspecified atom stereocenters. The molecule has 0 radical (unpaired) electrons. The third-order valence-electron chi connectivity index (χ3n) is 5.65. The normalized spacial score (nSPS) is 18.7. The summed E-state index contributed by atoms with van der Waals surface area (Å²) in [5.74, 6) is -2.46.